The summed E-state index contributed by atoms with van der Waals surface area (Å²) in [6.07, 6.45) is 0.792. The molecule has 0 aliphatic carbocycles. The fourth-order valence-electron chi connectivity index (χ4n) is 2.14. The smallest absolute Gasteiger partial charge is 0.231 e. The Hall–Kier alpha value is -2.00. The highest BCUT2D eigenvalue weighted by Crippen LogP contribution is 2.33. The molecule has 2 N–H and O–H groups in total. The van der Waals surface area contributed by atoms with Crippen LogP contribution in [0.15, 0.2) is 48.5 Å². The van der Waals surface area contributed by atoms with Crippen LogP contribution in [0.2, 0.25) is 0 Å². The Balaban J connectivity index is 1.77. The fourth-order valence-corrected chi connectivity index (χ4v) is 2.14. The van der Waals surface area contributed by atoms with Gasteiger partial charge in [-0.25, -0.2) is 0 Å². The summed E-state index contributed by atoms with van der Waals surface area (Å²) in [7, 11) is 0. The number of benzene rings is 2. The minimum absolute atomic E-state index is 0.00608. The number of nitrogens with two attached hydrogens (primary N) is 1. The van der Waals surface area contributed by atoms with E-state index in [0.717, 1.165) is 29.0 Å². The SMILES string of the molecule is N[C@H](Cc1ccc2c(c1)OCO2)c1ccccc1. The highest BCUT2D eigenvalue weighted by molar-refractivity contribution is 5.44. The average molecular weight is 241 g/mol. The highest BCUT2D eigenvalue weighted by Gasteiger charge is 2.14. The third-order valence-electron chi connectivity index (χ3n) is 3.12. The molecule has 0 fully saturated rings. The Morgan fingerprint density at radius 2 is 1.78 bits per heavy atom. The monoisotopic (exact) mass is 241 g/mol. The zero-order valence-corrected chi connectivity index (χ0v) is 10.0. The van der Waals surface area contributed by atoms with E-state index in [-0.39, 0.29) is 6.04 Å². The van der Waals surface area contributed by atoms with Gasteiger partial charge in [-0.2, -0.15) is 0 Å². The first kappa shape index (κ1) is 11.1. The van der Waals surface area contributed by atoms with Crippen LogP contribution in [0, 0.1) is 0 Å². The van der Waals surface area contributed by atoms with Crippen LogP contribution in [0.5, 0.6) is 11.5 Å². The molecule has 0 saturated heterocycles. The van der Waals surface area contributed by atoms with E-state index in [0.29, 0.717) is 6.79 Å². The summed E-state index contributed by atoms with van der Waals surface area (Å²) in [5, 5.41) is 0. The Bertz CT molecular complexity index is 539. The summed E-state index contributed by atoms with van der Waals surface area (Å²) in [5.74, 6) is 1.62. The Morgan fingerprint density at radius 3 is 2.61 bits per heavy atom. The average Bonchev–Trinajstić information content (AvgIpc) is 2.87. The molecule has 3 nitrogen and oxygen atoms in total. The quantitative estimate of drug-likeness (QED) is 0.898. The maximum Gasteiger partial charge on any atom is 0.231 e. The van der Waals surface area contributed by atoms with Gasteiger partial charge in [-0.15, -0.1) is 0 Å². The summed E-state index contributed by atoms with van der Waals surface area (Å²) in [5.41, 5.74) is 8.51. The van der Waals surface area contributed by atoms with Crippen molar-refractivity contribution < 1.29 is 9.47 Å². The van der Waals surface area contributed by atoms with Crippen molar-refractivity contribution in [3.05, 3.63) is 59.7 Å². The molecule has 1 aliphatic heterocycles. The van der Waals surface area contributed by atoms with E-state index < -0.39 is 0 Å². The van der Waals surface area contributed by atoms with Gasteiger partial charge < -0.3 is 15.2 Å². The van der Waals surface area contributed by atoms with Crippen molar-refractivity contribution in [2.75, 3.05) is 6.79 Å². The van der Waals surface area contributed by atoms with Crippen molar-refractivity contribution in [3.8, 4) is 11.5 Å². The normalized spacial score (nSPS) is 14.5. The van der Waals surface area contributed by atoms with Crippen molar-refractivity contribution >= 4 is 0 Å². The van der Waals surface area contributed by atoms with E-state index in [1.54, 1.807) is 0 Å². The Kier molecular flexibility index (Phi) is 2.90. The molecule has 18 heavy (non-hydrogen) atoms. The molecule has 1 aliphatic rings. The summed E-state index contributed by atoms with van der Waals surface area (Å²) in [6.45, 7) is 0.309. The van der Waals surface area contributed by atoms with E-state index in [4.69, 9.17) is 15.2 Å². The first-order valence-corrected chi connectivity index (χ1v) is 6.02. The van der Waals surface area contributed by atoms with Crippen molar-refractivity contribution in [3.63, 3.8) is 0 Å². The molecule has 0 radical (unpaired) electrons. The molecule has 1 heterocycles. The molecule has 92 valence electrons. The minimum atomic E-state index is 0.00608. The van der Waals surface area contributed by atoms with Gasteiger partial charge in [-0.1, -0.05) is 36.4 Å². The number of ether oxygens (including phenoxy) is 2. The minimum Gasteiger partial charge on any atom is -0.454 e. The second-order valence-electron chi connectivity index (χ2n) is 4.41. The molecule has 0 bridgehead atoms. The lowest BCUT2D eigenvalue weighted by atomic mass is 9.99. The summed E-state index contributed by atoms with van der Waals surface area (Å²) in [4.78, 5) is 0. The molecule has 3 rings (SSSR count). The lowest BCUT2D eigenvalue weighted by Crippen LogP contribution is -2.13. The molecule has 2 aromatic carbocycles. The molecule has 3 heteroatoms. The molecule has 2 aromatic rings. The number of hydrogen-bond acceptors (Lipinski definition) is 3. The molecule has 0 unspecified atom stereocenters. The zero-order valence-electron chi connectivity index (χ0n) is 10.0. The van der Waals surface area contributed by atoms with Gasteiger partial charge in [0.05, 0.1) is 0 Å². The molecule has 0 amide bonds. The fraction of sp³-hybridized carbons (Fsp3) is 0.200. The predicted molar refractivity (Wildman–Crippen MR) is 69.6 cm³/mol. The molecular formula is C15H15NO2. The van der Waals surface area contributed by atoms with Gasteiger partial charge in [0.1, 0.15) is 0 Å². The van der Waals surface area contributed by atoms with Crippen LogP contribution < -0.4 is 15.2 Å². The van der Waals surface area contributed by atoms with Gasteiger partial charge in [0.15, 0.2) is 11.5 Å². The van der Waals surface area contributed by atoms with Gasteiger partial charge in [-0.3, -0.25) is 0 Å². The van der Waals surface area contributed by atoms with Crippen LogP contribution in [0.1, 0.15) is 17.2 Å². The van der Waals surface area contributed by atoms with Crippen LogP contribution in [-0.4, -0.2) is 6.79 Å². The van der Waals surface area contributed by atoms with Crippen molar-refractivity contribution in [1.29, 1.82) is 0 Å². The summed E-state index contributed by atoms with van der Waals surface area (Å²) >= 11 is 0. The first-order chi connectivity index (χ1) is 8.83. The molecule has 1 atom stereocenters. The van der Waals surface area contributed by atoms with Crippen LogP contribution in [0.25, 0.3) is 0 Å². The molecular weight excluding hydrogens is 226 g/mol. The summed E-state index contributed by atoms with van der Waals surface area (Å²) in [6, 6.07) is 16.1. The van der Waals surface area contributed by atoms with E-state index >= 15 is 0 Å². The number of fused-ring (bicyclic) bond motifs is 1. The van der Waals surface area contributed by atoms with E-state index in [1.165, 1.54) is 0 Å². The van der Waals surface area contributed by atoms with Gasteiger partial charge >= 0.3 is 0 Å². The topological polar surface area (TPSA) is 44.5 Å². The van der Waals surface area contributed by atoms with Gasteiger partial charge in [0, 0.05) is 6.04 Å². The van der Waals surface area contributed by atoms with Crippen molar-refractivity contribution in [1.82, 2.24) is 0 Å². The highest BCUT2D eigenvalue weighted by atomic mass is 16.7. The van der Waals surface area contributed by atoms with E-state index in [2.05, 4.69) is 12.1 Å². The van der Waals surface area contributed by atoms with E-state index in [9.17, 15) is 0 Å². The lowest BCUT2D eigenvalue weighted by Gasteiger charge is -2.12. The maximum absolute atomic E-state index is 6.20. The third-order valence-corrected chi connectivity index (χ3v) is 3.12. The van der Waals surface area contributed by atoms with Crippen LogP contribution in [0.4, 0.5) is 0 Å². The van der Waals surface area contributed by atoms with E-state index in [1.807, 2.05) is 36.4 Å². The standard InChI is InChI=1S/C15H15NO2/c16-13(12-4-2-1-3-5-12)8-11-6-7-14-15(9-11)18-10-17-14/h1-7,9,13H,8,10,16H2/t13-/m1/s1. The van der Waals surface area contributed by atoms with Crippen LogP contribution >= 0.6 is 0 Å². The summed E-state index contributed by atoms with van der Waals surface area (Å²) < 4.78 is 10.7. The van der Waals surface area contributed by atoms with Gasteiger partial charge in [0.2, 0.25) is 6.79 Å². The first-order valence-electron chi connectivity index (χ1n) is 6.02. The molecule has 0 saturated carbocycles. The lowest BCUT2D eigenvalue weighted by molar-refractivity contribution is 0.174. The van der Waals surface area contributed by atoms with Crippen molar-refractivity contribution in [2.24, 2.45) is 5.73 Å². The number of rotatable bonds is 3. The Morgan fingerprint density at radius 1 is 1.00 bits per heavy atom. The molecule has 0 spiro atoms. The van der Waals surface area contributed by atoms with Crippen molar-refractivity contribution in [2.45, 2.75) is 12.5 Å². The maximum atomic E-state index is 6.20. The zero-order chi connectivity index (χ0) is 12.4. The largest absolute Gasteiger partial charge is 0.454 e. The number of hydrogen-bond donors (Lipinski definition) is 1. The third kappa shape index (κ3) is 2.17. The molecule has 0 aromatic heterocycles. The van der Waals surface area contributed by atoms with Crippen LogP contribution in [-0.2, 0) is 6.42 Å². The Labute approximate surface area is 106 Å². The van der Waals surface area contributed by atoms with Crippen LogP contribution in [0.3, 0.4) is 0 Å². The predicted octanol–water partition coefficient (Wildman–Crippen LogP) is 2.66. The van der Waals surface area contributed by atoms with Gasteiger partial charge in [-0.05, 0) is 29.7 Å². The second-order valence-corrected chi connectivity index (χ2v) is 4.41. The van der Waals surface area contributed by atoms with Gasteiger partial charge in [0.25, 0.3) is 0 Å². The second kappa shape index (κ2) is 4.70.